The Bertz CT molecular complexity index is 859. The van der Waals surface area contributed by atoms with E-state index in [-0.39, 0.29) is 11.9 Å². The minimum Gasteiger partial charge on any atom is -0.372 e. The zero-order valence-electron chi connectivity index (χ0n) is 16.9. The van der Waals surface area contributed by atoms with E-state index in [1.165, 1.54) is 24.1 Å². The Morgan fingerprint density at radius 1 is 0.931 bits per heavy atom. The number of rotatable bonds is 5. The van der Waals surface area contributed by atoms with Crippen molar-refractivity contribution in [2.75, 3.05) is 34.8 Å². The molecule has 2 heterocycles. The third-order valence-electron chi connectivity index (χ3n) is 5.72. The Kier molecular flexibility index (Phi) is 6.00. The molecule has 2 N–H and O–H groups in total. The highest BCUT2D eigenvalue weighted by Gasteiger charge is 2.21. The molecule has 29 heavy (non-hydrogen) atoms. The number of anilines is 3. The largest absolute Gasteiger partial charge is 0.372 e. The number of hydrogen-bond donors (Lipinski definition) is 2. The van der Waals surface area contributed by atoms with E-state index in [2.05, 4.69) is 46.7 Å². The highest BCUT2D eigenvalue weighted by molar-refractivity contribution is 7.80. The van der Waals surface area contributed by atoms with Crippen LogP contribution in [0, 0.1) is 0 Å². The van der Waals surface area contributed by atoms with Crippen LogP contribution in [0.1, 0.15) is 44.2 Å². The average Bonchev–Trinajstić information content (AvgIpc) is 3.41. The number of nitrogens with zero attached hydrogens (tertiary/aromatic N) is 2. The normalized spacial score (nSPS) is 17.5. The van der Waals surface area contributed by atoms with Gasteiger partial charge in [0.1, 0.15) is 0 Å². The van der Waals surface area contributed by atoms with E-state index in [0.717, 1.165) is 37.4 Å². The van der Waals surface area contributed by atoms with Gasteiger partial charge in [0.05, 0.1) is 6.04 Å². The first-order valence-electron chi connectivity index (χ1n) is 10.4. The number of thiocarbonyl (C=S) groups is 1. The Morgan fingerprint density at radius 3 is 2.21 bits per heavy atom. The lowest BCUT2D eigenvalue weighted by Crippen LogP contribution is -2.31. The maximum Gasteiger partial charge on any atom is 0.227 e. The molecule has 152 valence electrons. The molecule has 0 bridgehead atoms. The molecule has 2 aliphatic heterocycles. The van der Waals surface area contributed by atoms with E-state index in [9.17, 15) is 4.79 Å². The van der Waals surface area contributed by atoms with Crippen molar-refractivity contribution in [2.24, 2.45) is 0 Å². The summed E-state index contributed by atoms with van der Waals surface area (Å²) < 4.78 is 0. The van der Waals surface area contributed by atoms with Crippen molar-refractivity contribution in [1.29, 1.82) is 0 Å². The first-order chi connectivity index (χ1) is 14.1. The van der Waals surface area contributed by atoms with Gasteiger partial charge in [-0.3, -0.25) is 4.79 Å². The number of carbonyl (C=O) groups is 1. The monoisotopic (exact) mass is 408 g/mol. The van der Waals surface area contributed by atoms with Gasteiger partial charge < -0.3 is 20.4 Å². The lowest BCUT2D eigenvalue weighted by Gasteiger charge is -2.21. The SMILES string of the molecule is C[C@H](NC(=S)Nc1ccc(N2CCCC2=O)cc1)c1ccc(N2CCCC2)cc1. The van der Waals surface area contributed by atoms with Gasteiger partial charge in [0.2, 0.25) is 5.91 Å². The van der Waals surface area contributed by atoms with Crippen LogP contribution in [0.25, 0.3) is 0 Å². The molecule has 0 spiro atoms. The van der Waals surface area contributed by atoms with Crippen LogP contribution >= 0.6 is 12.2 Å². The highest BCUT2D eigenvalue weighted by Crippen LogP contribution is 2.24. The number of benzene rings is 2. The van der Waals surface area contributed by atoms with Crippen molar-refractivity contribution in [2.45, 2.75) is 38.6 Å². The minimum atomic E-state index is 0.115. The number of nitrogens with one attached hydrogen (secondary N) is 2. The van der Waals surface area contributed by atoms with E-state index in [1.807, 2.05) is 29.2 Å². The fourth-order valence-corrected chi connectivity index (χ4v) is 4.34. The molecular formula is C23H28N4OS. The smallest absolute Gasteiger partial charge is 0.227 e. The summed E-state index contributed by atoms with van der Waals surface area (Å²) in [7, 11) is 0. The molecule has 2 aliphatic rings. The molecule has 1 atom stereocenters. The molecule has 0 aromatic heterocycles. The zero-order chi connectivity index (χ0) is 20.2. The summed E-state index contributed by atoms with van der Waals surface area (Å²) in [5.74, 6) is 0.201. The van der Waals surface area contributed by atoms with Crippen molar-refractivity contribution in [3.63, 3.8) is 0 Å². The van der Waals surface area contributed by atoms with Crippen LogP contribution in [0.2, 0.25) is 0 Å². The molecule has 6 heteroatoms. The number of carbonyl (C=O) groups excluding carboxylic acids is 1. The molecule has 4 rings (SSSR count). The quantitative estimate of drug-likeness (QED) is 0.715. The number of hydrogen-bond acceptors (Lipinski definition) is 3. The zero-order valence-corrected chi connectivity index (χ0v) is 17.7. The van der Waals surface area contributed by atoms with Gasteiger partial charge in [-0.05, 0) is 80.4 Å². The lowest BCUT2D eigenvalue weighted by atomic mass is 10.1. The van der Waals surface area contributed by atoms with Gasteiger partial charge >= 0.3 is 0 Å². The Labute approximate surface area is 178 Å². The Hall–Kier alpha value is -2.60. The first-order valence-corrected chi connectivity index (χ1v) is 10.8. The molecule has 0 unspecified atom stereocenters. The summed E-state index contributed by atoms with van der Waals surface area (Å²) in [5, 5.41) is 7.18. The predicted octanol–water partition coefficient (Wildman–Crippen LogP) is 4.46. The van der Waals surface area contributed by atoms with Crippen molar-refractivity contribution >= 4 is 40.3 Å². The van der Waals surface area contributed by atoms with Crippen LogP contribution in [-0.2, 0) is 4.79 Å². The predicted molar refractivity (Wildman–Crippen MR) is 124 cm³/mol. The van der Waals surface area contributed by atoms with Crippen LogP contribution in [0.3, 0.4) is 0 Å². The Morgan fingerprint density at radius 2 is 1.59 bits per heavy atom. The van der Waals surface area contributed by atoms with E-state index in [4.69, 9.17) is 12.2 Å². The van der Waals surface area contributed by atoms with Crippen LogP contribution in [0.5, 0.6) is 0 Å². The maximum absolute atomic E-state index is 11.9. The molecule has 2 aromatic carbocycles. The third-order valence-corrected chi connectivity index (χ3v) is 5.94. The van der Waals surface area contributed by atoms with Crippen molar-refractivity contribution in [3.05, 3.63) is 54.1 Å². The minimum absolute atomic E-state index is 0.115. The van der Waals surface area contributed by atoms with Crippen LogP contribution in [-0.4, -0.2) is 30.7 Å². The molecule has 1 amide bonds. The van der Waals surface area contributed by atoms with Crippen molar-refractivity contribution in [1.82, 2.24) is 5.32 Å². The van der Waals surface area contributed by atoms with Gasteiger partial charge in [-0.1, -0.05) is 12.1 Å². The molecule has 2 saturated heterocycles. The summed E-state index contributed by atoms with van der Waals surface area (Å²) in [6, 6.07) is 16.7. The summed E-state index contributed by atoms with van der Waals surface area (Å²) >= 11 is 5.49. The topological polar surface area (TPSA) is 47.6 Å². The molecular weight excluding hydrogens is 380 g/mol. The number of amides is 1. The van der Waals surface area contributed by atoms with Crippen LogP contribution in [0.4, 0.5) is 17.1 Å². The van der Waals surface area contributed by atoms with Gasteiger partial charge in [-0.2, -0.15) is 0 Å². The van der Waals surface area contributed by atoms with E-state index < -0.39 is 0 Å². The molecule has 2 fully saturated rings. The first kappa shape index (κ1) is 19.7. The van der Waals surface area contributed by atoms with Crippen molar-refractivity contribution in [3.8, 4) is 0 Å². The van der Waals surface area contributed by atoms with E-state index in [0.29, 0.717) is 11.5 Å². The summed E-state index contributed by atoms with van der Waals surface area (Å²) in [5.41, 5.74) is 4.37. The van der Waals surface area contributed by atoms with Gasteiger partial charge in [0, 0.05) is 43.1 Å². The Balaban J connectivity index is 1.31. The van der Waals surface area contributed by atoms with Crippen LogP contribution in [0.15, 0.2) is 48.5 Å². The van der Waals surface area contributed by atoms with E-state index in [1.54, 1.807) is 0 Å². The molecule has 0 radical (unpaired) electrons. The molecule has 5 nitrogen and oxygen atoms in total. The third kappa shape index (κ3) is 4.70. The summed E-state index contributed by atoms with van der Waals surface area (Å²) in [6.45, 7) is 5.23. The van der Waals surface area contributed by atoms with Gasteiger partial charge in [0.15, 0.2) is 5.11 Å². The fraction of sp³-hybridized carbons (Fsp3) is 0.391. The second-order valence-corrected chi connectivity index (χ2v) is 8.21. The summed E-state index contributed by atoms with van der Waals surface area (Å²) in [6.07, 6.45) is 4.15. The fourth-order valence-electron chi connectivity index (χ4n) is 4.04. The second-order valence-electron chi connectivity index (χ2n) is 7.80. The average molecular weight is 409 g/mol. The van der Waals surface area contributed by atoms with Crippen LogP contribution < -0.4 is 20.4 Å². The van der Waals surface area contributed by atoms with Gasteiger partial charge in [-0.15, -0.1) is 0 Å². The highest BCUT2D eigenvalue weighted by atomic mass is 32.1. The molecule has 0 saturated carbocycles. The molecule has 2 aromatic rings. The molecule has 0 aliphatic carbocycles. The van der Waals surface area contributed by atoms with Gasteiger partial charge in [0.25, 0.3) is 0 Å². The maximum atomic E-state index is 11.9. The summed E-state index contributed by atoms with van der Waals surface area (Å²) in [4.78, 5) is 16.1. The lowest BCUT2D eigenvalue weighted by molar-refractivity contribution is -0.117. The second kappa shape index (κ2) is 8.82. The van der Waals surface area contributed by atoms with E-state index >= 15 is 0 Å². The van der Waals surface area contributed by atoms with Crippen molar-refractivity contribution < 1.29 is 4.79 Å². The standard InChI is InChI=1S/C23H28N4OS/c1-17(18-6-10-20(11-7-18)26-14-2-3-15-26)24-23(29)25-19-8-12-21(13-9-19)27-16-4-5-22(27)28/h6-13,17H,2-5,14-16H2,1H3,(H2,24,25,29)/t17-/m0/s1. The van der Waals surface area contributed by atoms with Gasteiger partial charge in [-0.25, -0.2) is 0 Å².